The molecule has 2 heterocycles. The van der Waals surface area contributed by atoms with E-state index in [0.717, 1.165) is 18.9 Å². The first-order chi connectivity index (χ1) is 7.68. The number of anilines is 1. The van der Waals surface area contributed by atoms with Crippen LogP contribution in [0, 0.1) is 3.57 Å². The van der Waals surface area contributed by atoms with E-state index in [1.807, 2.05) is 34.5 Å². The van der Waals surface area contributed by atoms with Crippen LogP contribution in [0.5, 0.6) is 0 Å². The van der Waals surface area contributed by atoms with Crippen molar-refractivity contribution < 1.29 is 0 Å². The molecule has 0 aromatic carbocycles. The SMILES string of the molecule is CN(CC1CCCN1)c1nc[nH]c(=O)c1I. The van der Waals surface area contributed by atoms with Crippen molar-refractivity contribution >= 4 is 28.4 Å². The van der Waals surface area contributed by atoms with Crippen LogP contribution in [0.15, 0.2) is 11.1 Å². The molecule has 1 aromatic heterocycles. The van der Waals surface area contributed by atoms with E-state index in [0.29, 0.717) is 9.61 Å². The number of likely N-dealkylation sites (N-methyl/N-ethyl adjacent to an activating group) is 1. The third-order valence-corrected chi connectivity index (χ3v) is 3.77. The normalized spacial score (nSPS) is 20.0. The molecule has 1 fully saturated rings. The summed E-state index contributed by atoms with van der Waals surface area (Å²) in [5.41, 5.74) is -0.0724. The molecule has 1 unspecified atom stereocenters. The first-order valence-corrected chi connectivity index (χ1v) is 6.44. The Bertz CT molecular complexity index is 414. The number of halogens is 1. The van der Waals surface area contributed by atoms with Crippen molar-refractivity contribution in [2.75, 3.05) is 25.0 Å². The molecule has 6 heteroatoms. The fourth-order valence-corrected chi connectivity index (χ4v) is 2.68. The van der Waals surface area contributed by atoms with Crippen molar-refractivity contribution in [1.82, 2.24) is 15.3 Å². The van der Waals surface area contributed by atoms with E-state index in [9.17, 15) is 4.79 Å². The Morgan fingerprint density at radius 1 is 1.69 bits per heavy atom. The van der Waals surface area contributed by atoms with Gasteiger partial charge in [-0.2, -0.15) is 0 Å². The van der Waals surface area contributed by atoms with Gasteiger partial charge in [-0.1, -0.05) is 0 Å². The van der Waals surface area contributed by atoms with E-state index in [1.54, 1.807) is 0 Å². The predicted molar refractivity (Wildman–Crippen MR) is 71.9 cm³/mol. The molecule has 5 nitrogen and oxygen atoms in total. The van der Waals surface area contributed by atoms with Gasteiger partial charge in [-0.15, -0.1) is 0 Å². The smallest absolute Gasteiger partial charge is 0.266 e. The molecule has 88 valence electrons. The Balaban J connectivity index is 2.10. The maximum absolute atomic E-state index is 11.4. The lowest BCUT2D eigenvalue weighted by Gasteiger charge is -2.22. The van der Waals surface area contributed by atoms with Crippen LogP contribution in [0.4, 0.5) is 5.82 Å². The van der Waals surface area contributed by atoms with E-state index >= 15 is 0 Å². The molecular formula is C10H15IN4O. The molecule has 0 bridgehead atoms. The Hall–Kier alpha value is -0.630. The summed E-state index contributed by atoms with van der Waals surface area (Å²) in [5, 5.41) is 3.43. The number of nitrogens with zero attached hydrogens (tertiary/aromatic N) is 2. The summed E-state index contributed by atoms with van der Waals surface area (Å²) in [5.74, 6) is 0.762. The lowest BCUT2D eigenvalue weighted by molar-refractivity contribution is 0.596. The van der Waals surface area contributed by atoms with Gasteiger partial charge in [0.05, 0.1) is 6.33 Å². The summed E-state index contributed by atoms with van der Waals surface area (Å²) < 4.78 is 0.653. The van der Waals surface area contributed by atoms with Gasteiger partial charge in [0.1, 0.15) is 9.39 Å². The Kier molecular flexibility index (Phi) is 3.80. The van der Waals surface area contributed by atoms with Crippen molar-refractivity contribution in [1.29, 1.82) is 0 Å². The molecule has 2 rings (SSSR count). The van der Waals surface area contributed by atoms with Crippen molar-refractivity contribution in [3.05, 3.63) is 20.3 Å². The Morgan fingerprint density at radius 2 is 2.50 bits per heavy atom. The van der Waals surface area contributed by atoms with Gasteiger partial charge in [-0.3, -0.25) is 4.79 Å². The van der Waals surface area contributed by atoms with Crippen LogP contribution in [-0.2, 0) is 0 Å². The maximum Gasteiger partial charge on any atom is 0.266 e. The molecular weight excluding hydrogens is 319 g/mol. The van der Waals surface area contributed by atoms with Crippen LogP contribution < -0.4 is 15.8 Å². The number of hydrogen-bond donors (Lipinski definition) is 2. The van der Waals surface area contributed by atoms with Crippen LogP contribution in [0.25, 0.3) is 0 Å². The van der Waals surface area contributed by atoms with Crippen LogP contribution in [0.3, 0.4) is 0 Å². The molecule has 0 saturated carbocycles. The monoisotopic (exact) mass is 334 g/mol. The summed E-state index contributed by atoms with van der Waals surface area (Å²) in [4.78, 5) is 20.3. The van der Waals surface area contributed by atoms with Gasteiger partial charge in [0, 0.05) is 19.6 Å². The number of aromatic amines is 1. The number of H-pyrrole nitrogens is 1. The average molecular weight is 334 g/mol. The second-order valence-electron chi connectivity index (χ2n) is 4.04. The highest BCUT2D eigenvalue weighted by Gasteiger charge is 2.18. The van der Waals surface area contributed by atoms with Gasteiger partial charge in [0.15, 0.2) is 0 Å². The van der Waals surface area contributed by atoms with Crippen molar-refractivity contribution in [3.8, 4) is 0 Å². The molecule has 1 aliphatic heterocycles. The number of nitrogens with one attached hydrogen (secondary N) is 2. The van der Waals surface area contributed by atoms with Gasteiger partial charge in [0.2, 0.25) is 0 Å². The zero-order valence-corrected chi connectivity index (χ0v) is 11.3. The molecule has 0 amide bonds. The zero-order valence-electron chi connectivity index (χ0n) is 9.16. The molecule has 1 saturated heterocycles. The highest BCUT2D eigenvalue weighted by molar-refractivity contribution is 14.1. The highest BCUT2D eigenvalue weighted by atomic mass is 127. The molecule has 2 N–H and O–H groups in total. The minimum absolute atomic E-state index is 0.0724. The molecule has 0 radical (unpaired) electrons. The van der Waals surface area contributed by atoms with Crippen LogP contribution in [-0.4, -0.2) is 36.1 Å². The summed E-state index contributed by atoms with van der Waals surface area (Å²) in [6, 6.07) is 0.516. The lowest BCUT2D eigenvalue weighted by atomic mass is 10.2. The van der Waals surface area contributed by atoms with E-state index in [2.05, 4.69) is 15.3 Å². The Labute approximate surface area is 108 Å². The topological polar surface area (TPSA) is 61.0 Å². The lowest BCUT2D eigenvalue weighted by Crippen LogP contribution is -2.36. The summed E-state index contributed by atoms with van der Waals surface area (Å²) in [7, 11) is 1.98. The fourth-order valence-electron chi connectivity index (χ4n) is 1.97. The van der Waals surface area contributed by atoms with Crippen molar-refractivity contribution in [2.45, 2.75) is 18.9 Å². The second-order valence-corrected chi connectivity index (χ2v) is 5.12. The maximum atomic E-state index is 11.4. The van der Waals surface area contributed by atoms with E-state index < -0.39 is 0 Å². The first-order valence-electron chi connectivity index (χ1n) is 5.36. The summed E-state index contributed by atoms with van der Waals surface area (Å²) in [6.07, 6.45) is 3.89. The van der Waals surface area contributed by atoms with Gasteiger partial charge >= 0.3 is 0 Å². The largest absolute Gasteiger partial charge is 0.357 e. The molecule has 1 aromatic rings. The molecule has 16 heavy (non-hydrogen) atoms. The van der Waals surface area contributed by atoms with Crippen LogP contribution in [0.2, 0.25) is 0 Å². The molecule has 0 aliphatic carbocycles. The molecule has 0 spiro atoms. The summed E-state index contributed by atoms with van der Waals surface area (Å²) in [6.45, 7) is 1.99. The predicted octanol–water partition coefficient (Wildman–Crippen LogP) is 0.563. The van der Waals surface area contributed by atoms with Gasteiger partial charge < -0.3 is 15.2 Å². The third-order valence-electron chi connectivity index (χ3n) is 2.80. The van der Waals surface area contributed by atoms with Gasteiger partial charge in [-0.25, -0.2) is 4.98 Å². The van der Waals surface area contributed by atoms with Crippen molar-refractivity contribution in [3.63, 3.8) is 0 Å². The molecule has 1 aliphatic rings. The first kappa shape index (κ1) is 11.8. The third kappa shape index (κ3) is 2.54. The Morgan fingerprint density at radius 3 is 3.19 bits per heavy atom. The zero-order chi connectivity index (χ0) is 11.5. The minimum Gasteiger partial charge on any atom is -0.357 e. The standard InChI is InChI=1S/C10H15IN4O/c1-15(5-7-3-2-4-12-7)9-8(11)10(16)14-6-13-9/h6-7,12H,2-5H2,1H3,(H,13,14,16). The van der Waals surface area contributed by atoms with E-state index in [1.165, 1.54) is 19.2 Å². The quantitative estimate of drug-likeness (QED) is 0.794. The number of aromatic nitrogens is 2. The summed E-state index contributed by atoms with van der Waals surface area (Å²) >= 11 is 2.04. The van der Waals surface area contributed by atoms with Gasteiger partial charge in [0.25, 0.3) is 5.56 Å². The van der Waals surface area contributed by atoms with E-state index in [4.69, 9.17) is 0 Å². The fraction of sp³-hybridized carbons (Fsp3) is 0.600. The van der Waals surface area contributed by atoms with Crippen molar-refractivity contribution in [2.24, 2.45) is 0 Å². The van der Waals surface area contributed by atoms with Crippen LogP contribution in [0.1, 0.15) is 12.8 Å². The average Bonchev–Trinajstić information content (AvgIpc) is 2.74. The highest BCUT2D eigenvalue weighted by Crippen LogP contribution is 2.15. The number of rotatable bonds is 3. The second kappa shape index (κ2) is 5.13. The number of hydrogen-bond acceptors (Lipinski definition) is 4. The molecule has 1 atom stereocenters. The minimum atomic E-state index is -0.0724. The van der Waals surface area contributed by atoms with E-state index in [-0.39, 0.29) is 5.56 Å². The van der Waals surface area contributed by atoms with Gasteiger partial charge in [-0.05, 0) is 42.0 Å². The van der Waals surface area contributed by atoms with Crippen LogP contribution >= 0.6 is 22.6 Å².